The van der Waals surface area contributed by atoms with Gasteiger partial charge in [0, 0.05) is 29.9 Å². The molecule has 106 valence electrons. The van der Waals surface area contributed by atoms with E-state index < -0.39 is 4.92 Å². The third-order valence-corrected chi connectivity index (χ3v) is 2.69. The highest BCUT2D eigenvalue weighted by Gasteiger charge is 2.15. The minimum absolute atomic E-state index is 0.0210. The Balaban J connectivity index is 2.11. The number of nitro groups is 1. The quantitative estimate of drug-likeness (QED) is 0.617. The fraction of sp³-hybridized carbons (Fsp3) is 0.286. The Morgan fingerprint density at radius 3 is 2.90 bits per heavy atom. The molecular formula is C14H16N2O4. The van der Waals surface area contributed by atoms with E-state index in [2.05, 4.69) is 5.32 Å². The molecule has 0 spiro atoms. The van der Waals surface area contributed by atoms with Crippen LogP contribution in [-0.2, 0) is 6.54 Å². The van der Waals surface area contributed by atoms with Gasteiger partial charge in [-0.3, -0.25) is 10.1 Å². The average molecular weight is 276 g/mol. The molecule has 1 N–H and O–H groups in total. The summed E-state index contributed by atoms with van der Waals surface area (Å²) in [5.41, 5.74) is 1.74. The third-order valence-electron chi connectivity index (χ3n) is 2.69. The topological polar surface area (TPSA) is 77.5 Å². The first-order chi connectivity index (χ1) is 9.70. The lowest BCUT2D eigenvalue weighted by Gasteiger charge is -2.09. The Kier molecular flexibility index (Phi) is 4.60. The van der Waals surface area contributed by atoms with E-state index in [1.165, 1.54) is 6.07 Å². The van der Waals surface area contributed by atoms with E-state index in [0.29, 0.717) is 13.2 Å². The number of benzene rings is 1. The van der Waals surface area contributed by atoms with Gasteiger partial charge >= 0.3 is 5.69 Å². The minimum atomic E-state index is -0.440. The number of hydrogen-bond acceptors (Lipinski definition) is 5. The van der Waals surface area contributed by atoms with Crippen LogP contribution in [0.25, 0.3) is 0 Å². The van der Waals surface area contributed by atoms with Gasteiger partial charge in [-0.1, -0.05) is 6.92 Å². The van der Waals surface area contributed by atoms with Crippen molar-refractivity contribution in [1.29, 1.82) is 0 Å². The summed E-state index contributed by atoms with van der Waals surface area (Å²) in [4.78, 5) is 10.5. The first kappa shape index (κ1) is 13.9. The summed E-state index contributed by atoms with van der Waals surface area (Å²) in [5.74, 6) is 0.286. The van der Waals surface area contributed by atoms with Gasteiger partial charge in [0.15, 0.2) is 5.75 Å². The van der Waals surface area contributed by atoms with Crippen LogP contribution in [0.4, 0.5) is 11.4 Å². The van der Waals surface area contributed by atoms with Gasteiger partial charge in [0.05, 0.1) is 24.1 Å². The lowest BCUT2D eigenvalue weighted by molar-refractivity contribution is -0.385. The van der Waals surface area contributed by atoms with Crippen LogP contribution in [0, 0.1) is 10.1 Å². The standard InChI is InChI=1S/C14H16N2O4/c1-2-6-20-14-8-12(3-4-13(14)16(17)18)15-9-11-5-7-19-10-11/h3-5,7-8,10,15H,2,6,9H2,1H3. The van der Waals surface area contributed by atoms with Gasteiger partial charge in [-0.05, 0) is 18.6 Å². The minimum Gasteiger partial charge on any atom is -0.487 e. The van der Waals surface area contributed by atoms with Gasteiger partial charge in [-0.2, -0.15) is 0 Å². The Hall–Kier alpha value is -2.50. The van der Waals surface area contributed by atoms with Gasteiger partial charge in [0.1, 0.15) is 0 Å². The van der Waals surface area contributed by atoms with E-state index in [9.17, 15) is 10.1 Å². The van der Waals surface area contributed by atoms with Crippen molar-refractivity contribution in [3.8, 4) is 5.75 Å². The first-order valence-corrected chi connectivity index (χ1v) is 6.37. The molecule has 20 heavy (non-hydrogen) atoms. The van der Waals surface area contributed by atoms with Crippen LogP contribution < -0.4 is 10.1 Å². The zero-order chi connectivity index (χ0) is 14.4. The molecule has 0 saturated carbocycles. The van der Waals surface area contributed by atoms with Crippen LogP contribution in [0.5, 0.6) is 5.75 Å². The first-order valence-electron chi connectivity index (χ1n) is 6.37. The van der Waals surface area contributed by atoms with Gasteiger partial charge in [0.25, 0.3) is 0 Å². The second kappa shape index (κ2) is 6.60. The predicted molar refractivity (Wildman–Crippen MR) is 74.9 cm³/mol. The molecule has 1 heterocycles. The number of ether oxygens (including phenoxy) is 1. The Labute approximate surface area is 116 Å². The maximum absolute atomic E-state index is 10.9. The lowest BCUT2D eigenvalue weighted by Crippen LogP contribution is -2.02. The van der Waals surface area contributed by atoms with Crippen LogP contribution in [0.2, 0.25) is 0 Å². The maximum atomic E-state index is 10.9. The number of nitro benzene ring substituents is 1. The summed E-state index contributed by atoms with van der Waals surface area (Å²) >= 11 is 0. The van der Waals surface area contributed by atoms with Crippen LogP contribution in [0.15, 0.2) is 41.2 Å². The van der Waals surface area contributed by atoms with Gasteiger partial charge < -0.3 is 14.5 Å². The molecule has 6 heteroatoms. The fourth-order valence-corrected chi connectivity index (χ4v) is 1.70. The van der Waals surface area contributed by atoms with Crippen LogP contribution in [-0.4, -0.2) is 11.5 Å². The van der Waals surface area contributed by atoms with Crippen molar-refractivity contribution in [3.63, 3.8) is 0 Å². The molecule has 2 aromatic rings. The molecular weight excluding hydrogens is 260 g/mol. The number of anilines is 1. The van der Waals surface area contributed by atoms with Gasteiger partial charge in [-0.15, -0.1) is 0 Å². The molecule has 0 fully saturated rings. The zero-order valence-electron chi connectivity index (χ0n) is 11.2. The molecule has 0 saturated heterocycles. The van der Waals surface area contributed by atoms with Crippen molar-refractivity contribution < 1.29 is 14.1 Å². The van der Waals surface area contributed by atoms with Gasteiger partial charge in [-0.25, -0.2) is 0 Å². The molecule has 1 aromatic carbocycles. The molecule has 0 radical (unpaired) electrons. The van der Waals surface area contributed by atoms with E-state index in [0.717, 1.165) is 17.7 Å². The number of furan rings is 1. The largest absolute Gasteiger partial charge is 0.487 e. The molecule has 0 aliphatic heterocycles. The second-order valence-electron chi connectivity index (χ2n) is 4.27. The van der Waals surface area contributed by atoms with Crippen LogP contribution >= 0.6 is 0 Å². The second-order valence-corrected chi connectivity index (χ2v) is 4.27. The molecule has 0 aliphatic carbocycles. The van der Waals surface area contributed by atoms with E-state index in [4.69, 9.17) is 9.15 Å². The summed E-state index contributed by atoms with van der Waals surface area (Å²) in [6, 6.07) is 6.61. The highest BCUT2D eigenvalue weighted by molar-refractivity contribution is 5.58. The van der Waals surface area contributed by atoms with Crippen molar-refractivity contribution in [1.82, 2.24) is 0 Å². The summed E-state index contributed by atoms with van der Waals surface area (Å²) < 4.78 is 10.4. The highest BCUT2D eigenvalue weighted by atomic mass is 16.6. The van der Waals surface area contributed by atoms with E-state index in [1.54, 1.807) is 24.7 Å². The monoisotopic (exact) mass is 276 g/mol. The Morgan fingerprint density at radius 1 is 1.40 bits per heavy atom. The fourth-order valence-electron chi connectivity index (χ4n) is 1.70. The molecule has 6 nitrogen and oxygen atoms in total. The predicted octanol–water partition coefficient (Wildman–Crippen LogP) is 3.59. The van der Waals surface area contributed by atoms with E-state index in [-0.39, 0.29) is 11.4 Å². The van der Waals surface area contributed by atoms with Crippen molar-refractivity contribution >= 4 is 11.4 Å². The summed E-state index contributed by atoms with van der Waals surface area (Å²) in [7, 11) is 0. The van der Waals surface area contributed by atoms with E-state index >= 15 is 0 Å². The average Bonchev–Trinajstić information content (AvgIpc) is 2.96. The normalized spacial score (nSPS) is 10.2. The molecule has 2 rings (SSSR count). The van der Waals surface area contributed by atoms with Crippen molar-refractivity contribution in [2.75, 3.05) is 11.9 Å². The van der Waals surface area contributed by atoms with Crippen molar-refractivity contribution in [2.45, 2.75) is 19.9 Å². The van der Waals surface area contributed by atoms with Crippen molar-refractivity contribution in [2.24, 2.45) is 0 Å². The van der Waals surface area contributed by atoms with Crippen LogP contribution in [0.3, 0.4) is 0 Å². The SMILES string of the molecule is CCCOc1cc(NCc2ccoc2)ccc1[N+](=O)[O-]. The van der Waals surface area contributed by atoms with Crippen molar-refractivity contribution in [3.05, 3.63) is 52.5 Å². The van der Waals surface area contributed by atoms with E-state index in [1.807, 2.05) is 13.0 Å². The molecule has 0 aliphatic rings. The molecule has 0 atom stereocenters. The molecule has 1 aromatic heterocycles. The third kappa shape index (κ3) is 3.50. The summed E-state index contributed by atoms with van der Waals surface area (Å²) in [6.45, 7) is 2.99. The smallest absolute Gasteiger partial charge is 0.311 e. The molecule has 0 unspecified atom stereocenters. The Morgan fingerprint density at radius 2 is 2.25 bits per heavy atom. The Bertz CT molecular complexity index is 567. The van der Waals surface area contributed by atoms with Crippen LogP contribution in [0.1, 0.15) is 18.9 Å². The number of hydrogen-bond donors (Lipinski definition) is 1. The number of nitrogens with zero attached hydrogens (tertiary/aromatic N) is 1. The summed E-state index contributed by atoms with van der Waals surface area (Å²) in [5, 5.41) is 14.1. The highest BCUT2D eigenvalue weighted by Crippen LogP contribution is 2.30. The van der Waals surface area contributed by atoms with Gasteiger partial charge in [0.2, 0.25) is 0 Å². The molecule has 0 amide bonds. The number of nitrogens with one attached hydrogen (secondary N) is 1. The molecule has 0 bridgehead atoms. The maximum Gasteiger partial charge on any atom is 0.311 e. The summed E-state index contributed by atoms with van der Waals surface area (Å²) in [6.07, 6.45) is 4.04. The number of rotatable bonds is 7. The zero-order valence-corrected chi connectivity index (χ0v) is 11.2. The lowest BCUT2D eigenvalue weighted by atomic mass is 10.2.